The summed E-state index contributed by atoms with van der Waals surface area (Å²) in [5.74, 6) is 0.120. The number of carbonyl (C=O) groups excluding carboxylic acids is 1. The average Bonchev–Trinajstić information content (AvgIpc) is 2.06. The van der Waals surface area contributed by atoms with E-state index in [1.807, 2.05) is 7.05 Å². The number of hydrogen-bond donors (Lipinski definition) is 0. The second kappa shape index (κ2) is 4.10. The maximum absolute atomic E-state index is 10.9. The molecule has 66 valence electrons. The van der Waals surface area contributed by atoms with Gasteiger partial charge in [-0.3, -0.25) is 4.79 Å². The lowest BCUT2D eigenvalue weighted by molar-refractivity contribution is -0.127. The van der Waals surface area contributed by atoms with Crippen molar-refractivity contribution in [1.29, 1.82) is 0 Å². The Kier molecular flexibility index (Phi) is 3.09. The van der Waals surface area contributed by atoms with E-state index in [1.54, 1.807) is 11.8 Å². The van der Waals surface area contributed by atoms with Crippen molar-refractivity contribution in [3.63, 3.8) is 0 Å². The molecule has 1 aliphatic rings. The molecule has 2 heteroatoms. The van der Waals surface area contributed by atoms with Gasteiger partial charge in [0.25, 0.3) is 0 Å². The predicted molar refractivity (Wildman–Crippen MR) is 49.8 cm³/mol. The summed E-state index contributed by atoms with van der Waals surface area (Å²) in [5, 5.41) is 0. The van der Waals surface area contributed by atoms with Crippen molar-refractivity contribution in [2.45, 2.75) is 19.8 Å². The lowest BCUT2D eigenvalue weighted by Gasteiger charge is -2.16. The first-order valence-electron chi connectivity index (χ1n) is 4.27. The minimum atomic E-state index is 0.120. The summed E-state index contributed by atoms with van der Waals surface area (Å²) in [5.41, 5.74) is 1.25. The molecule has 0 spiro atoms. The second-order valence-electron chi connectivity index (χ2n) is 3.13. The fourth-order valence-corrected chi connectivity index (χ4v) is 1.17. The fourth-order valence-electron chi connectivity index (χ4n) is 1.17. The van der Waals surface area contributed by atoms with Crippen LogP contribution in [-0.2, 0) is 4.79 Å². The molecule has 0 heterocycles. The van der Waals surface area contributed by atoms with Crippen LogP contribution in [0.2, 0.25) is 0 Å². The van der Waals surface area contributed by atoms with Crippen LogP contribution in [0, 0.1) is 0 Å². The number of nitrogens with zero attached hydrogens (tertiary/aromatic N) is 1. The molecule has 0 fully saturated rings. The van der Waals surface area contributed by atoms with Crippen LogP contribution in [0.5, 0.6) is 0 Å². The quantitative estimate of drug-likeness (QED) is 0.610. The Balaban J connectivity index is 2.45. The monoisotopic (exact) mass is 165 g/mol. The summed E-state index contributed by atoms with van der Waals surface area (Å²) < 4.78 is 0. The molecule has 0 N–H and O–H groups in total. The van der Waals surface area contributed by atoms with Gasteiger partial charge in [-0.05, 0) is 18.4 Å². The minimum Gasteiger partial charge on any atom is -0.342 e. The van der Waals surface area contributed by atoms with Crippen molar-refractivity contribution >= 4 is 5.91 Å². The highest BCUT2D eigenvalue weighted by Gasteiger charge is 2.04. The van der Waals surface area contributed by atoms with Gasteiger partial charge >= 0.3 is 0 Å². The molecule has 0 radical (unpaired) electrons. The van der Waals surface area contributed by atoms with Crippen molar-refractivity contribution < 1.29 is 4.79 Å². The molecule has 0 unspecified atom stereocenters. The van der Waals surface area contributed by atoms with E-state index in [2.05, 4.69) is 18.2 Å². The van der Waals surface area contributed by atoms with Crippen molar-refractivity contribution in [3.8, 4) is 0 Å². The smallest absolute Gasteiger partial charge is 0.219 e. The summed E-state index contributed by atoms with van der Waals surface area (Å²) in [7, 11) is 1.83. The van der Waals surface area contributed by atoms with Crippen LogP contribution in [0.4, 0.5) is 0 Å². The number of amides is 1. The molecular weight excluding hydrogens is 150 g/mol. The fraction of sp³-hybridized carbons (Fsp3) is 0.500. The highest BCUT2D eigenvalue weighted by Crippen LogP contribution is 2.10. The third kappa shape index (κ3) is 2.53. The Hall–Kier alpha value is -1.05. The molecule has 2 nitrogen and oxygen atoms in total. The summed E-state index contributed by atoms with van der Waals surface area (Å²) in [6.07, 6.45) is 8.69. The van der Waals surface area contributed by atoms with Crippen molar-refractivity contribution in [2.24, 2.45) is 0 Å². The van der Waals surface area contributed by atoms with Gasteiger partial charge in [-0.1, -0.05) is 18.2 Å². The number of hydrogen-bond acceptors (Lipinski definition) is 1. The summed E-state index contributed by atoms with van der Waals surface area (Å²) in [4.78, 5) is 12.6. The number of likely N-dealkylation sites (N-methyl/N-ethyl adjacent to an activating group) is 1. The first-order chi connectivity index (χ1) is 5.70. The molecule has 0 aromatic carbocycles. The topological polar surface area (TPSA) is 20.3 Å². The molecule has 0 saturated carbocycles. The van der Waals surface area contributed by atoms with Crippen LogP contribution in [0.15, 0.2) is 23.8 Å². The van der Waals surface area contributed by atoms with Gasteiger partial charge in [-0.15, -0.1) is 0 Å². The molecule has 0 atom stereocenters. The highest BCUT2D eigenvalue weighted by atomic mass is 16.2. The zero-order valence-corrected chi connectivity index (χ0v) is 7.71. The van der Waals surface area contributed by atoms with E-state index in [0.29, 0.717) is 0 Å². The third-order valence-electron chi connectivity index (χ3n) is 2.03. The van der Waals surface area contributed by atoms with E-state index < -0.39 is 0 Å². The Morgan fingerprint density at radius 3 is 2.83 bits per heavy atom. The zero-order chi connectivity index (χ0) is 8.97. The number of carbonyl (C=O) groups is 1. The average molecular weight is 165 g/mol. The van der Waals surface area contributed by atoms with Gasteiger partial charge in [0.15, 0.2) is 0 Å². The molecule has 0 bridgehead atoms. The molecule has 0 aromatic heterocycles. The molecule has 1 aliphatic carbocycles. The SMILES string of the molecule is CC(=O)N(C)CC1=CCCC=C1. The highest BCUT2D eigenvalue weighted by molar-refractivity contribution is 5.73. The van der Waals surface area contributed by atoms with Crippen molar-refractivity contribution in [3.05, 3.63) is 23.8 Å². The molecule has 1 amide bonds. The Morgan fingerprint density at radius 2 is 2.33 bits per heavy atom. The Bertz CT molecular complexity index is 228. The predicted octanol–water partition coefficient (Wildman–Crippen LogP) is 1.74. The molecular formula is C10H15NO. The van der Waals surface area contributed by atoms with E-state index >= 15 is 0 Å². The summed E-state index contributed by atoms with van der Waals surface area (Å²) in [6, 6.07) is 0. The van der Waals surface area contributed by atoms with Crippen LogP contribution in [0.25, 0.3) is 0 Å². The molecule has 12 heavy (non-hydrogen) atoms. The van der Waals surface area contributed by atoms with Crippen molar-refractivity contribution in [1.82, 2.24) is 4.90 Å². The Labute approximate surface area is 73.6 Å². The standard InChI is InChI=1S/C10H15NO/c1-9(12)11(2)8-10-6-4-3-5-7-10/h4,6-7H,3,5,8H2,1-2H3. The van der Waals surface area contributed by atoms with Gasteiger partial charge in [-0.2, -0.15) is 0 Å². The van der Waals surface area contributed by atoms with Gasteiger partial charge in [0.05, 0.1) is 0 Å². The van der Waals surface area contributed by atoms with E-state index in [9.17, 15) is 4.79 Å². The van der Waals surface area contributed by atoms with Gasteiger partial charge in [-0.25, -0.2) is 0 Å². The minimum absolute atomic E-state index is 0.120. The van der Waals surface area contributed by atoms with E-state index in [4.69, 9.17) is 0 Å². The van der Waals surface area contributed by atoms with Gasteiger partial charge in [0.2, 0.25) is 5.91 Å². The second-order valence-corrected chi connectivity index (χ2v) is 3.13. The van der Waals surface area contributed by atoms with Crippen molar-refractivity contribution in [2.75, 3.05) is 13.6 Å². The Morgan fingerprint density at radius 1 is 1.58 bits per heavy atom. The van der Waals surface area contributed by atoms with Crippen LogP contribution in [0.1, 0.15) is 19.8 Å². The summed E-state index contributed by atoms with van der Waals surface area (Å²) in [6.45, 7) is 2.33. The van der Waals surface area contributed by atoms with E-state index in [1.165, 1.54) is 5.57 Å². The van der Waals surface area contributed by atoms with Crippen LogP contribution < -0.4 is 0 Å². The lowest BCUT2D eigenvalue weighted by Crippen LogP contribution is -2.25. The van der Waals surface area contributed by atoms with Gasteiger partial charge in [0, 0.05) is 20.5 Å². The third-order valence-corrected chi connectivity index (χ3v) is 2.03. The first-order valence-corrected chi connectivity index (χ1v) is 4.27. The lowest BCUT2D eigenvalue weighted by atomic mass is 10.1. The van der Waals surface area contributed by atoms with E-state index in [0.717, 1.165) is 19.4 Å². The van der Waals surface area contributed by atoms with Crippen LogP contribution in [0.3, 0.4) is 0 Å². The number of allylic oxidation sites excluding steroid dienone is 2. The van der Waals surface area contributed by atoms with Gasteiger partial charge < -0.3 is 4.90 Å². The van der Waals surface area contributed by atoms with Gasteiger partial charge in [0.1, 0.15) is 0 Å². The number of rotatable bonds is 2. The maximum Gasteiger partial charge on any atom is 0.219 e. The normalized spacial score (nSPS) is 15.7. The van der Waals surface area contributed by atoms with E-state index in [-0.39, 0.29) is 5.91 Å². The van der Waals surface area contributed by atoms with Crippen LogP contribution in [-0.4, -0.2) is 24.4 Å². The molecule has 1 rings (SSSR count). The molecule has 0 aliphatic heterocycles. The zero-order valence-electron chi connectivity index (χ0n) is 7.71. The molecule has 0 aromatic rings. The summed E-state index contributed by atoms with van der Waals surface area (Å²) >= 11 is 0. The van der Waals surface area contributed by atoms with Crippen LogP contribution >= 0.6 is 0 Å². The maximum atomic E-state index is 10.9. The molecule has 0 saturated heterocycles. The largest absolute Gasteiger partial charge is 0.342 e. The first kappa shape index (κ1) is 9.04.